The van der Waals surface area contributed by atoms with Gasteiger partial charge in [0.25, 0.3) is 0 Å². The summed E-state index contributed by atoms with van der Waals surface area (Å²) in [5.74, 6) is 1.44. The number of rotatable bonds is 10. The molecule has 0 radical (unpaired) electrons. The summed E-state index contributed by atoms with van der Waals surface area (Å²) in [6.45, 7) is 0. The maximum Gasteiger partial charge on any atom is 0.153 e. The second-order valence-corrected chi connectivity index (χ2v) is 15.8. The fourth-order valence-electron chi connectivity index (χ4n) is 10.2. The first-order valence-corrected chi connectivity index (χ1v) is 20.2. The molecule has 3 aliphatic carbocycles. The Morgan fingerprint density at radius 2 is 0.966 bits per heavy atom. The summed E-state index contributed by atoms with van der Waals surface area (Å²) in [6.07, 6.45) is 1.11. The molecular weight excluding hydrogens is 707 g/mol. The Balaban J connectivity index is 1.04. The van der Waals surface area contributed by atoms with Gasteiger partial charge in [-0.3, -0.25) is 0 Å². The number of nitrogens with zero attached hydrogens (tertiary/aromatic N) is 2. The molecule has 1 heterocycles. The van der Waals surface area contributed by atoms with Crippen LogP contribution in [-0.2, 0) is 0 Å². The van der Waals surface area contributed by atoms with Gasteiger partial charge in [0, 0.05) is 56.7 Å². The number of fused-ring (bicyclic) bond motifs is 2. The molecule has 0 aromatic heterocycles. The van der Waals surface area contributed by atoms with E-state index in [0.717, 1.165) is 57.7 Å². The molecular formula is C54H39N3O. The first kappa shape index (κ1) is 32.9. The second-order valence-electron chi connectivity index (χ2n) is 15.8. The van der Waals surface area contributed by atoms with E-state index in [1.165, 1.54) is 27.8 Å². The van der Waals surface area contributed by atoms with Crippen molar-refractivity contribution in [1.29, 1.82) is 0 Å². The molecule has 2 spiro atoms. The Morgan fingerprint density at radius 1 is 0.466 bits per heavy atom. The average Bonchev–Trinajstić information content (AvgIpc) is 3.99. The highest BCUT2D eigenvalue weighted by molar-refractivity contribution is 6.05. The van der Waals surface area contributed by atoms with Crippen LogP contribution in [0.15, 0.2) is 218 Å². The molecule has 1 N–H and O–H groups in total. The first-order valence-electron chi connectivity index (χ1n) is 20.2. The summed E-state index contributed by atoms with van der Waals surface area (Å²) in [4.78, 5) is 4.68. The smallest absolute Gasteiger partial charge is 0.153 e. The minimum absolute atomic E-state index is 0.182. The van der Waals surface area contributed by atoms with Gasteiger partial charge in [-0.1, -0.05) is 127 Å². The predicted octanol–water partition coefficient (Wildman–Crippen LogP) is 14.1. The lowest BCUT2D eigenvalue weighted by Crippen LogP contribution is -2.28. The van der Waals surface area contributed by atoms with Crippen molar-refractivity contribution in [3.8, 4) is 16.9 Å². The van der Waals surface area contributed by atoms with E-state index in [9.17, 15) is 0 Å². The van der Waals surface area contributed by atoms with E-state index in [0.29, 0.717) is 5.92 Å². The van der Waals surface area contributed by atoms with Crippen LogP contribution in [0.4, 0.5) is 45.5 Å². The van der Waals surface area contributed by atoms with Crippen molar-refractivity contribution in [2.75, 3.05) is 15.1 Å². The van der Waals surface area contributed by atoms with E-state index in [4.69, 9.17) is 4.74 Å². The Labute approximate surface area is 338 Å². The third-order valence-corrected chi connectivity index (χ3v) is 12.7. The van der Waals surface area contributed by atoms with Crippen molar-refractivity contribution in [1.82, 2.24) is 0 Å². The van der Waals surface area contributed by atoms with Gasteiger partial charge in [-0.15, -0.1) is 0 Å². The summed E-state index contributed by atoms with van der Waals surface area (Å²) < 4.78 is 7.03. The van der Waals surface area contributed by atoms with Crippen molar-refractivity contribution in [2.24, 2.45) is 5.41 Å². The maximum absolute atomic E-state index is 7.03. The van der Waals surface area contributed by atoms with Gasteiger partial charge >= 0.3 is 0 Å². The average molecular weight is 746 g/mol. The van der Waals surface area contributed by atoms with Gasteiger partial charge < -0.3 is 19.9 Å². The molecule has 276 valence electrons. The molecule has 1 aliphatic heterocycles. The van der Waals surface area contributed by atoms with Gasteiger partial charge in [0.05, 0.1) is 16.8 Å². The van der Waals surface area contributed by atoms with E-state index in [1.54, 1.807) is 5.57 Å². The van der Waals surface area contributed by atoms with Gasteiger partial charge in [0.1, 0.15) is 5.75 Å². The van der Waals surface area contributed by atoms with Crippen molar-refractivity contribution in [3.63, 3.8) is 0 Å². The highest BCUT2D eigenvalue weighted by Crippen LogP contribution is 2.99. The lowest BCUT2D eigenvalue weighted by atomic mass is 9.85. The molecule has 2 unspecified atom stereocenters. The van der Waals surface area contributed by atoms with E-state index < -0.39 is 0 Å². The van der Waals surface area contributed by atoms with E-state index >= 15 is 0 Å². The molecule has 0 saturated heterocycles. The van der Waals surface area contributed by atoms with Gasteiger partial charge in [-0.2, -0.15) is 0 Å². The zero-order valence-electron chi connectivity index (χ0n) is 31.8. The van der Waals surface area contributed by atoms with Gasteiger partial charge in [0.2, 0.25) is 0 Å². The fourth-order valence-corrected chi connectivity index (χ4v) is 10.2. The summed E-state index contributed by atoms with van der Waals surface area (Å²) in [5, 5.41) is 4.03. The van der Waals surface area contributed by atoms with E-state index in [1.807, 2.05) is 0 Å². The zero-order valence-corrected chi connectivity index (χ0v) is 31.8. The normalized spacial score (nSPS) is 20.0. The Bertz CT molecular complexity index is 2700. The van der Waals surface area contributed by atoms with Gasteiger partial charge in [0.15, 0.2) is 5.60 Å². The van der Waals surface area contributed by atoms with E-state index in [2.05, 4.69) is 227 Å². The van der Waals surface area contributed by atoms with Crippen LogP contribution in [-0.4, -0.2) is 5.60 Å². The Hall–Kier alpha value is -7.30. The number of anilines is 8. The Kier molecular flexibility index (Phi) is 7.15. The van der Waals surface area contributed by atoms with Crippen molar-refractivity contribution in [3.05, 3.63) is 229 Å². The summed E-state index contributed by atoms with van der Waals surface area (Å²) in [6, 6.07) is 75.7. The molecule has 8 aromatic carbocycles. The predicted molar refractivity (Wildman–Crippen MR) is 237 cm³/mol. The molecule has 4 heteroatoms. The number of nitrogens with one attached hydrogen (secondary N) is 1. The molecule has 4 aliphatic rings. The number of para-hydroxylation sites is 5. The molecule has 0 amide bonds. The van der Waals surface area contributed by atoms with Crippen molar-refractivity contribution < 1.29 is 4.74 Å². The standard InChI is InChI=1S/C54H39N3O/c1-6-18-37(19-7-1)38-30-31-49(47(32-38)51-48-36-53(48)52-46-28-16-17-29-50(46)58-54(51,52)53)55-39-33-44(56(40-20-8-2-9-21-40)41-22-10-3-11-23-41)35-45(34-39)57(42-24-12-4-13-25-42)43-26-14-5-15-27-43/h1-35,52,55H,36H2/t52?,53-,54?/m1/s1. The maximum atomic E-state index is 7.03. The van der Waals surface area contributed by atoms with Crippen LogP contribution in [0.5, 0.6) is 5.75 Å². The Morgan fingerprint density at radius 3 is 1.52 bits per heavy atom. The molecule has 4 nitrogen and oxygen atoms in total. The van der Waals surface area contributed by atoms with Crippen LogP contribution in [0.1, 0.15) is 23.5 Å². The molecule has 8 aromatic rings. The summed E-state index contributed by atoms with van der Waals surface area (Å²) in [7, 11) is 0. The van der Waals surface area contributed by atoms with E-state index in [-0.39, 0.29) is 11.0 Å². The van der Waals surface area contributed by atoms with Crippen molar-refractivity contribution >= 4 is 51.1 Å². The molecule has 3 atom stereocenters. The third kappa shape index (κ3) is 4.81. The highest BCUT2D eigenvalue weighted by atomic mass is 16.5. The number of hydrogen-bond donors (Lipinski definition) is 1. The second kappa shape index (κ2) is 12.6. The number of benzene rings is 8. The monoisotopic (exact) mass is 745 g/mol. The van der Waals surface area contributed by atoms with Crippen LogP contribution in [0, 0.1) is 5.41 Å². The number of ether oxygens (including phenoxy) is 1. The minimum Gasteiger partial charge on any atom is -0.481 e. The third-order valence-electron chi connectivity index (χ3n) is 12.7. The van der Waals surface area contributed by atoms with Crippen LogP contribution < -0.4 is 19.9 Å². The van der Waals surface area contributed by atoms with Crippen LogP contribution in [0.25, 0.3) is 16.7 Å². The molecule has 58 heavy (non-hydrogen) atoms. The number of hydrogen-bond acceptors (Lipinski definition) is 4. The summed E-state index contributed by atoms with van der Waals surface area (Å²) in [5.41, 5.74) is 16.3. The van der Waals surface area contributed by atoms with Crippen LogP contribution >= 0.6 is 0 Å². The topological polar surface area (TPSA) is 27.7 Å². The minimum atomic E-state index is -0.278. The first-order chi connectivity index (χ1) is 28.7. The van der Waals surface area contributed by atoms with Crippen LogP contribution in [0.2, 0.25) is 0 Å². The van der Waals surface area contributed by atoms with Gasteiger partial charge in [-0.05, 0) is 108 Å². The zero-order chi connectivity index (χ0) is 38.3. The highest BCUT2D eigenvalue weighted by Gasteiger charge is 2.98. The lowest BCUT2D eigenvalue weighted by molar-refractivity contribution is 0.219. The largest absolute Gasteiger partial charge is 0.481 e. The quantitative estimate of drug-likeness (QED) is 0.151. The lowest BCUT2D eigenvalue weighted by Gasteiger charge is -2.31. The fraction of sp³-hybridized carbons (Fsp3) is 0.0741. The molecule has 0 bridgehead atoms. The molecule has 2 saturated carbocycles. The van der Waals surface area contributed by atoms with Gasteiger partial charge in [-0.25, -0.2) is 0 Å². The molecule has 2 fully saturated rings. The van der Waals surface area contributed by atoms with Crippen LogP contribution in [0.3, 0.4) is 0 Å². The van der Waals surface area contributed by atoms with Crippen molar-refractivity contribution in [2.45, 2.75) is 17.9 Å². The summed E-state index contributed by atoms with van der Waals surface area (Å²) >= 11 is 0. The molecule has 12 rings (SSSR count). The SMILES string of the molecule is c1ccc(-c2ccc(Nc3cc(N(c4ccccc4)c4ccccc4)cc(N(c4ccccc4)c4ccccc4)c3)c(C3=C4C[C@]45C4c6ccccc6OC345)c2)cc1.